The van der Waals surface area contributed by atoms with Crippen molar-refractivity contribution in [1.29, 1.82) is 0 Å². The average Bonchev–Trinajstić information content (AvgIpc) is 3.20. The minimum atomic E-state index is -0.0544. The Morgan fingerprint density at radius 2 is 2.05 bits per heavy atom. The number of rotatable bonds is 2. The lowest BCUT2D eigenvalue weighted by molar-refractivity contribution is -0.00159. The molecule has 1 amide bonds. The molecule has 1 saturated carbocycles. The second kappa shape index (κ2) is 4.32. The molecule has 22 heavy (non-hydrogen) atoms. The maximum Gasteiger partial charge on any atom is 0.287 e. The fourth-order valence-electron chi connectivity index (χ4n) is 4.59. The summed E-state index contributed by atoms with van der Waals surface area (Å²) in [5, 5.41) is 3.31. The highest BCUT2D eigenvalue weighted by molar-refractivity contribution is 5.94. The van der Waals surface area contributed by atoms with E-state index < -0.39 is 0 Å². The highest BCUT2D eigenvalue weighted by Gasteiger charge is 2.60. The molecule has 114 valence electrons. The number of nitrogens with one attached hydrogen (secondary N) is 2. The Labute approximate surface area is 129 Å². The first-order valence-electron chi connectivity index (χ1n) is 8.27. The summed E-state index contributed by atoms with van der Waals surface area (Å²) < 4.78 is 0. The third-order valence-corrected chi connectivity index (χ3v) is 5.87. The second-order valence-corrected chi connectivity index (χ2v) is 6.98. The number of benzene rings is 1. The number of H-pyrrole nitrogens is 1. The monoisotopic (exact) mass is 296 g/mol. The summed E-state index contributed by atoms with van der Waals surface area (Å²) in [6.45, 7) is 2.42. The molecule has 1 spiro atoms. The van der Waals surface area contributed by atoms with E-state index in [2.05, 4.69) is 20.2 Å². The van der Waals surface area contributed by atoms with Gasteiger partial charge in [-0.25, -0.2) is 4.98 Å². The summed E-state index contributed by atoms with van der Waals surface area (Å²) in [5.41, 5.74) is 2.04. The molecule has 4 fully saturated rings. The van der Waals surface area contributed by atoms with Crippen LogP contribution in [0.3, 0.4) is 0 Å². The van der Waals surface area contributed by atoms with E-state index in [-0.39, 0.29) is 11.4 Å². The van der Waals surface area contributed by atoms with Crippen molar-refractivity contribution in [2.45, 2.75) is 37.3 Å². The molecule has 1 aromatic carbocycles. The van der Waals surface area contributed by atoms with Crippen molar-refractivity contribution in [3.8, 4) is 0 Å². The molecule has 3 aliphatic heterocycles. The van der Waals surface area contributed by atoms with E-state index in [1.165, 1.54) is 38.8 Å². The van der Waals surface area contributed by atoms with E-state index in [0.717, 1.165) is 11.0 Å². The minimum Gasteiger partial charge on any atom is -0.344 e. The number of carbonyl (C=O) groups excluding carboxylic acids is 1. The number of aromatic nitrogens is 2. The van der Waals surface area contributed by atoms with Gasteiger partial charge in [0.2, 0.25) is 0 Å². The Bertz CT molecular complexity index is 707. The highest BCUT2D eigenvalue weighted by atomic mass is 16.2. The van der Waals surface area contributed by atoms with E-state index >= 15 is 0 Å². The zero-order valence-corrected chi connectivity index (χ0v) is 12.5. The van der Waals surface area contributed by atoms with E-state index in [1.807, 2.05) is 24.3 Å². The predicted octanol–water partition coefficient (Wildman–Crippen LogP) is 1.92. The van der Waals surface area contributed by atoms with Crippen molar-refractivity contribution < 1.29 is 4.79 Å². The van der Waals surface area contributed by atoms with E-state index in [1.54, 1.807) is 0 Å². The van der Waals surface area contributed by atoms with Gasteiger partial charge < -0.3 is 10.3 Å². The van der Waals surface area contributed by atoms with Gasteiger partial charge >= 0.3 is 0 Å². The molecule has 0 unspecified atom stereocenters. The van der Waals surface area contributed by atoms with Crippen LogP contribution in [0.2, 0.25) is 0 Å². The first kappa shape index (κ1) is 12.6. The van der Waals surface area contributed by atoms with Crippen molar-refractivity contribution in [3.05, 3.63) is 30.1 Å². The molecular weight excluding hydrogens is 276 g/mol. The number of hydrogen-bond donors (Lipinski definition) is 2. The Hall–Kier alpha value is -1.88. The van der Waals surface area contributed by atoms with Gasteiger partial charge in [-0.1, -0.05) is 12.1 Å². The Morgan fingerprint density at radius 1 is 1.27 bits per heavy atom. The summed E-state index contributed by atoms with van der Waals surface area (Å²) >= 11 is 0. The molecule has 1 aromatic heterocycles. The van der Waals surface area contributed by atoms with Crippen LogP contribution in [0, 0.1) is 5.92 Å². The van der Waals surface area contributed by atoms with Gasteiger partial charge in [-0.05, 0) is 56.8 Å². The first-order chi connectivity index (χ1) is 10.8. The van der Waals surface area contributed by atoms with Crippen LogP contribution in [0.4, 0.5) is 0 Å². The molecule has 1 aliphatic carbocycles. The number of piperidine rings is 3. The number of amides is 1. The number of fused-ring (bicyclic) bond motifs is 3. The Balaban J connectivity index is 1.42. The molecule has 5 heteroatoms. The van der Waals surface area contributed by atoms with Crippen molar-refractivity contribution in [3.63, 3.8) is 0 Å². The molecule has 2 N–H and O–H groups in total. The number of hydrogen-bond acceptors (Lipinski definition) is 3. The molecule has 1 atom stereocenters. The van der Waals surface area contributed by atoms with Gasteiger partial charge in [0.1, 0.15) is 0 Å². The Kier molecular flexibility index (Phi) is 2.48. The first-order valence-corrected chi connectivity index (χ1v) is 8.27. The minimum absolute atomic E-state index is 0.0544. The zero-order valence-electron chi connectivity index (χ0n) is 12.5. The number of aromatic amines is 1. The lowest BCUT2D eigenvalue weighted by atomic mass is 9.77. The zero-order chi connectivity index (χ0) is 14.7. The predicted molar refractivity (Wildman–Crippen MR) is 83.6 cm³/mol. The molecular formula is C17H20N4O. The standard InChI is InChI=1S/C17H20N4O/c22-16(15-18-12-3-1-2-4-13(12)19-15)20-14-11-5-9-21(10-6-11)17(14)7-8-17/h1-4,11,14H,5-10H2,(H,18,19)(H,20,22)/t14-/m1/s1. The normalized spacial score (nSPS) is 31.5. The largest absolute Gasteiger partial charge is 0.344 e. The summed E-state index contributed by atoms with van der Waals surface area (Å²) in [4.78, 5) is 22.8. The fourth-order valence-corrected chi connectivity index (χ4v) is 4.59. The summed E-state index contributed by atoms with van der Waals surface area (Å²) in [5.74, 6) is 1.02. The summed E-state index contributed by atoms with van der Waals surface area (Å²) in [6, 6.07) is 8.08. The third-order valence-electron chi connectivity index (χ3n) is 5.87. The third kappa shape index (κ3) is 1.69. The van der Waals surface area contributed by atoms with Crippen molar-refractivity contribution >= 4 is 16.9 Å². The molecule has 6 rings (SSSR count). The van der Waals surface area contributed by atoms with Gasteiger partial charge in [0.05, 0.1) is 17.1 Å². The van der Waals surface area contributed by atoms with Gasteiger partial charge in [-0.3, -0.25) is 9.69 Å². The second-order valence-electron chi connectivity index (χ2n) is 6.98. The number of para-hydroxylation sites is 2. The van der Waals surface area contributed by atoms with Crippen LogP contribution in [-0.4, -0.2) is 45.4 Å². The van der Waals surface area contributed by atoms with Crippen LogP contribution in [0.15, 0.2) is 24.3 Å². The quantitative estimate of drug-likeness (QED) is 0.890. The Morgan fingerprint density at radius 3 is 2.77 bits per heavy atom. The van der Waals surface area contributed by atoms with E-state index in [0.29, 0.717) is 17.8 Å². The van der Waals surface area contributed by atoms with Crippen molar-refractivity contribution in [1.82, 2.24) is 20.2 Å². The van der Waals surface area contributed by atoms with Crippen molar-refractivity contribution in [2.24, 2.45) is 5.92 Å². The van der Waals surface area contributed by atoms with Gasteiger partial charge in [0, 0.05) is 5.54 Å². The lowest BCUT2D eigenvalue weighted by Crippen LogP contribution is -2.65. The van der Waals surface area contributed by atoms with E-state index in [4.69, 9.17) is 0 Å². The van der Waals surface area contributed by atoms with Gasteiger partial charge in [0.15, 0.2) is 5.82 Å². The topological polar surface area (TPSA) is 61.0 Å². The van der Waals surface area contributed by atoms with Crippen LogP contribution < -0.4 is 5.32 Å². The molecule has 2 bridgehead atoms. The van der Waals surface area contributed by atoms with Crippen LogP contribution in [0.5, 0.6) is 0 Å². The molecule has 2 aromatic rings. The number of carbonyl (C=O) groups is 1. The average molecular weight is 296 g/mol. The van der Waals surface area contributed by atoms with Gasteiger partial charge in [0.25, 0.3) is 5.91 Å². The summed E-state index contributed by atoms with van der Waals surface area (Å²) in [7, 11) is 0. The fraction of sp³-hybridized carbons (Fsp3) is 0.529. The van der Waals surface area contributed by atoms with Crippen molar-refractivity contribution in [2.75, 3.05) is 13.1 Å². The molecule has 4 aliphatic rings. The highest BCUT2D eigenvalue weighted by Crippen LogP contribution is 2.53. The molecule has 5 nitrogen and oxygen atoms in total. The maximum absolute atomic E-state index is 12.7. The van der Waals surface area contributed by atoms with Gasteiger partial charge in [-0.15, -0.1) is 0 Å². The molecule has 0 radical (unpaired) electrons. The van der Waals surface area contributed by atoms with Crippen LogP contribution in [-0.2, 0) is 0 Å². The van der Waals surface area contributed by atoms with Gasteiger partial charge in [-0.2, -0.15) is 0 Å². The number of nitrogens with zero attached hydrogens (tertiary/aromatic N) is 2. The van der Waals surface area contributed by atoms with E-state index in [9.17, 15) is 4.79 Å². The maximum atomic E-state index is 12.7. The number of imidazole rings is 1. The molecule has 4 heterocycles. The SMILES string of the molecule is O=C(N[C@@H]1C2CCN(CC2)C12CC2)c1nc2ccccc2[nH]1. The summed E-state index contributed by atoms with van der Waals surface area (Å²) in [6.07, 6.45) is 4.89. The lowest BCUT2D eigenvalue weighted by Gasteiger charge is -2.52. The smallest absolute Gasteiger partial charge is 0.287 e. The van der Waals surface area contributed by atoms with Crippen LogP contribution in [0.1, 0.15) is 36.3 Å². The van der Waals surface area contributed by atoms with Crippen LogP contribution in [0.25, 0.3) is 11.0 Å². The molecule has 3 saturated heterocycles. The van der Waals surface area contributed by atoms with Crippen LogP contribution >= 0.6 is 0 Å².